The summed E-state index contributed by atoms with van der Waals surface area (Å²) < 4.78 is 13.6. The molecule has 1 rings (SSSR count). The third kappa shape index (κ3) is 4.24. The van der Waals surface area contributed by atoms with Crippen molar-refractivity contribution < 1.29 is 14.0 Å². The number of carbonyl (C=O) groups is 2. The molecule has 1 aromatic rings. The zero-order valence-corrected chi connectivity index (χ0v) is 11.8. The van der Waals surface area contributed by atoms with Crippen molar-refractivity contribution in [1.82, 2.24) is 10.2 Å². The second-order valence-corrected chi connectivity index (χ2v) is 4.45. The number of carbonyl (C=O) groups excluding carboxylic acids is 2. The number of nitrogens with zero attached hydrogens (tertiary/aromatic N) is 1. The van der Waals surface area contributed by atoms with Crippen LogP contribution in [0.1, 0.15) is 24.2 Å². The van der Waals surface area contributed by atoms with Gasteiger partial charge in [0.25, 0.3) is 5.91 Å². The summed E-state index contributed by atoms with van der Waals surface area (Å²) in [5.74, 6) is -1.39. The lowest BCUT2D eigenvalue weighted by Crippen LogP contribution is -2.40. The fraction of sp³-hybridized carbons (Fsp3) is 0.385. The van der Waals surface area contributed by atoms with Crippen LogP contribution in [0.15, 0.2) is 23.1 Å². The standard InChI is InChI=1S/C13H17FN2O2S/c1-3-15-12(17)8-16(4-2)13(18)10-7-9(19)5-6-11(10)14/h5-7,19H,3-4,8H2,1-2H3,(H,15,17). The molecule has 0 aliphatic carbocycles. The summed E-state index contributed by atoms with van der Waals surface area (Å²) >= 11 is 4.08. The Morgan fingerprint density at radius 1 is 1.37 bits per heavy atom. The molecule has 1 aromatic carbocycles. The number of nitrogens with one attached hydrogen (secondary N) is 1. The minimum atomic E-state index is -0.614. The highest BCUT2D eigenvalue weighted by Gasteiger charge is 2.20. The van der Waals surface area contributed by atoms with Gasteiger partial charge in [-0.25, -0.2) is 4.39 Å². The minimum absolute atomic E-state index is 0.0707. The summed E-state index contributed by atoms with van der Waals surface area (Å²) in [6, 6.07) is 4.02. The number of hydrogen-bond donors (Lipinski definition) is 2. The molecule has 1 N–H and O–H groups in total. The topological polar surface area (TPSA) is 49.4 Å². The van der Waals surface area contributed by atoms with Crippen LogP contribution in [0.4, 0.5) is 4.39 Å². The SMILES string of the molecule is CCNC(=O)CN(CC)C(=O)c1cc(S)ccc1F. The van der Waals surface area contributed by atoms with Crippen LogP contribution in [-0.4, -0.2) is 36.3 Å². The van der Waals surface area contributed by atoms with Gasteiger partial charge >= 0.3 is 0 Å². The van der Waals surface area contributed by atoms with Gasteiger partial charge in [0.2, 0.25) is 5.91 Å². The third-order valence-electron chi connectivity index (χ3n) is 2.56. The summed E-state index contributed by atoms with van der Waals surface area (Å²) in [4.78, 5) is 25.4. The van der Waals surface area contributed by atoms with Gasteiger partial charge in [-0.1, -0.05) is 0 Å². The zero-order valence-electron chi connectivity index (χ0n) is 10.9. The van der Waals surface area contributed by atoms with Crippen molar-refractivity contribution in [1.29, 1.82) is 0 Å². The van der Waals surface area contributed by atoms with Gasteiger partial charge in [0, 0.05) is 18.0 Å². The van der Waals surface area contributed by atoms with Crippen LogP contribution in [0.25, 0.3) is 0 Å². The van der Waals surface area contributed by atoms with E-state index in [0.29, 0.717) is 18.0 Å². The molecule has 0 saturated heterocycles. The smallest absolute Gasteiger partial charge is 0.257 e. The van der Waals surface area contributed by atoms with Crippen molar-refractivity contribution in [2.24, 2.45) is 0 Å². The number of amides is 2. The van der Waals surface area contributed by atoms with Gasteiger partial charge in [0.1, 0.15) is 5.82 Å². The van der Waals surface area contributed by atoms with E-state index in [4.69, 9.17) is 0 Å². The fourth-order valence-corrected chi connectivity index (χ4v) is 1.80. The quantitative estimate of drug-likeness (QED) is 0.809. The summed E-state index contributed by atoms with van der Waals surface area (Å²) in [6.07, 6.45) is 0. The molecule has 0 bridgehead atoms. The van der Waals surface area contributed by atoms with Crippen LogP contribution in [-0.2, 0) is 4.79 Å². The highest BCUT2D eigenvalue weighted by atomic mass is 32.1. The van der Waals surface area contributed by atoms with Crippen molar-refractivity contribution in [3.63, 3.8) is 0 Å². The molecule has 0 saturated carbocycles. The first-order valence-electron chi connectivity index (χ1n) is 6.04. The van der Waals surface area contributed by atoms with Gasteiger partial charge in [-0.2, -0.15) is 0 Å². The first-order chi connectivity index (χ1) is 8.99. The molecule has 0 spiro atoms. The number of thiol groups is 1. The van der Waals surface area contributed by atoms with Crippen LogP contribution in [0.5, 0.6) is 0 Å². The van der Waals surface area contributed by atoms with E-state index in [1.807, 2.05) is 0 Å². The normalized spacial score (nSPS) is 10.1. The molecule has 19 heavy (non-hydrogen) atoms. The van der Waals surface area contributed by atoms with Crippen LogP contribution >= 0.6 is 12.6 Å². The van der Waals surface area contributed by atoms with Gasteiger partial charge in [-0.3, -0.25) is 9.59 Å². The number of rotatable bonds is 5. The van der Waals surface area contributed by atoms with E-state index in [1.54, 1.807) is 13.8 Å². The van der Waals surface area contributed by atoms with E-state index < -0.39 is 11.7 Å². The molecule has 4 nitrogen and oxygen atoms in total. The van der Waals surface area contributed by atoms with Crippen molar-refractivity contribution in [3.8, 4) is 0 Å². The minimum Gasteiger partial charge on any atom is -0.355 e. The lowest BCUT2D eigenvalue weighted by Gasteiger charge is -2.20. The van der Waals surface area contributed by atoms with Crippen molar-refractivity contribution in [2.45, 2.75) is 18.7 Å². The van der Waals surface area contributed by atoms with E-state index in [1.165, 1.54) is 23.1 Å². The van der Waals surface area contributed by atoms with E-state index in [2.05, 4.69) is 17.9 Å². The monoisotopic (exact) mass is 284 g/mol. The lowest BCUT2D eigenvalue weighted by molar-refractivity contribution is -0.121. The molecule has 104 valence electrons. The summed E-state index contributed by atoms with van der Waals surface area (Å²) in [5, 5.41) is 2.60. The molecule has 0 aliphatic rings. The first kappa shape index (κ1) is 15.5. The second kappa shape index (κ2) is 7.13. The van der Waals surface area contributed by atoms with Crippen LogP contribution in [0, 0.1) is 5.82 Å². The largest absolute Gasteiger partial charge is 0.355 e. The van der Waals surface area contributed by atoms with Crippen LogP contribution < -0.4 is 5.32 Å². The Hall–Kier alpha value is -1.56. The van der Waals surface area contributed by atoms with Gasteiger partial charge in [0.15, 0.2) is 0 Å². The van der Waals surface area contributed by atoms with Gasteiger partial charge in [0.05, 0.1) is 12.1 Å². The van der Waals surface area contributed by atoms with Crippen LogP contribution in [0.3, 0.4) is 0 Å². The van der Waals surface area contributed by atoms with Crippen molar-refractivity contribution in [3.05, 3.63) is 29.6 Å². The highest BCUT2D eigenvalue weighted by Crippen LogP contribution is 2.15. The Morgan fingerprint density at radius 2 is 2.05 bits per heavy atom. The van der Waals surface area contributed by atoms with Gasteiger partial charge in [-0.05, 0) is 32.0 Å². The Balaban J connectivity index is 2.89. The lowest BCUT2D eigenvalue weighted by atomic mass is 10.2. The van der Waals surface area contributed by atoms with Crippen LogP contribution in [0.2, 0.25) is 0 Å². The highest BCUT2D eigenvalue weighted by molar-refractivity contribution is 7.80. The molecule has 0 atom stereocenters. The molecule has 0 aliphatic heterocycles. The predicted molar refractivity (Wildman–Crippen MR) is 73.9 cm³/mol. The maximum Gasteiger partial charge on any atom is 0.257 e. The van der Waals surface area contributed by atoms with Gasteiger partial charge in [-0.15, -0.1) is 12.6 Å². The summed E-state index contributed by atoms with van der Waals surface area (Å²) in [7, 11) is 0. The molecule has 0 radical (unpaired) electrons. The maximum absolute atomic E-state index is 13.6. The molecule has 2 amide bonds. The summed E-state index contributed by atoms with van der Waals surface area (Å²) in [5.41, 5.74) is -0.0707. The van der Waals surface area contributed by atoms with E-state index in [9.17, 15) is 14.0 Å². The number of benzene rings is 1. The number of hydrogen-bond acceptors (Lipinski definition) is 3. The Bertz CT molecular complexity index is 480. The molecule has 0 fully saturated rings. The molecular formula is C13H17FN2O2S. The number of halogens is 1. The first-order valence-corrected chi connectivity index (χ1v) is 6.48. The summed E-state index contributed by atoms with van der Waals surface area (Å²) in [6.45, 7) is 4.26. The Morgan fingerprint density at radius 3 is 2.63 bits per heavy atom. The van der Waals surface area contributed by atoms with Gasteiger partial charge < -0.3 is 10.2 Å². The fourth-order valence-electron chi connectivity index (χ4n) is 1.60. The second-order valence-electron chi connectivity index (χ2n) is 3.94. The van der Waals surface area contributed by atoms with E-state index in [-0.39, 0.29) is 18.0 Å². The Labute approximate surface area is 117 Å². The zero-order chi connectivity index (χ0) is 14.4. The predicted octanol–water partition coefficient (Wildman–Crippen LogP) is 1.71. The van der Waals surface area contributed by atoms with Crippen molar-refractivity contribution >= 4 is 24.4 Å². The maximum atomic E-state index is 13.6. The van der Waals surface area contributed by atoms with E-state index >= 15 is 0 Å². The average Bonchev–Trinajstić information content (AvgIpc) is 2.38. The van der Waals surface area contributed by atoms with Crippen molar-refractivity contribution in [2.75, 3.05) is 19.6 Å². The van der Waals surface area contributed by atoms with E-state index in [0.717, 1.165) is 0 Å². The molecule has 0 aromatic heterocycles. The molecular weight excluding hydrogens is 267 g/mol. The molecule has 0 unspecified atom stereocenters. The Kier molecular flexibility index (Phi) is 5.82. The number of likely N-dealkylation sites (N-methyl/N-ethyl adjacent to an activating group) is 2. The molecule has 0 heterocycles. The third-order valence-corrected chi connectivity index (χ3v) is 2.84. The average molecular weight is 284 g/mol. The molecule has 6 heteroatoms.